The third-order valence-corrected chi connectivity index (χ3v) is 2.76. The van der Waals surface area contributed by atoms with Gasteiger partial charge in [-0.3, -0.25) is 4.79 Å². The van der Waals surface area contributed by atoms with Gasteiger partial charge in [0.15, 0.2) is 5.78 Å². The van der Waals surface area contributed by atoms with Crippen molar-refractivity contribution < 1.29 is 13.9 Å². The molecule has 0 saturated carbocycles. The van der Waals surface area contributed by atoms with E-state index in [0.717, 1.165) is 0 Å². The molecule has 0 aliphatic carbocycles. The molecule has 0 unspecified atom stereocenters. The molecular weight excluding hydrogens is 231 g/mol. The molecule has 0 aliphatic heterocycles. The Balaban J connectivity index is 2.69. The summed E-state index contributed by atoms with van der Waals surface area (Å²) in [6.07, 6.45) is 0. The maximum atomic E-state index is 13.4. The summed E-state index contributed by atoms with van der Waals surface area (Å²) in [6.45, 7) is 1.46. The molecule has 0 fully saturated rings. The highest BCUT2D eigenvalue weighted by Gasteiger charge is 2.13. The number of carbonyl (C=O) groups is 1. The van der Waals surface area contributed by atoms with Gasteiger partial charge in [-0.25, -0.2) is 4.39 Å². The lowest BCUT2D eigenvalue weighted by Crippen LogP contribution is -1.98. The fourth-order valence-corrected chi connectivity index (χ4v) is 1.91. The first-order chi connectivity index (χ1) is 8.63. The van der Waals surface area contributed by atoms with Crippen molar-refractivity contribution in [3.8, 4) is 16.9 Å². The van der Waals surface area contributed by atoms with Crippen LogP contribution in [0, 0.1) is 5.82 Å². The van der Waals surface area contributed by atoms with Gasteiger partial charge < -0.3 is 4.74 Å². The van der Waals surface area contributed by atoms with E-state index in [1.807, 2.05) is 12.1 Å². The van der Waals surface area contributed by atoms with Crippen molar-refractivity contribution in [1.82, 2.24) is 0 Å². The van der Waals surface area contributed by atoms with E-state index in [-0.39, 0.29) is 11.6 Å². The van der Waals surface area contributed by atoms with Crippen molar-refractivity contribution in [1.29, 1.82) is 0 Å². The van der Waals surface area contributed by atoms with Crippen LogP contribution in [-0.4, -0.2) is 12.9 Å². The Morgan fingerprint density at radius 3 is 2.50 bits per heavy atom. The summed E-state index contributed by atoms with van der Waals surface area (Å²) in [5.74, 6) is 0.141. The maximum Gasteiger partial charge on any atom is 0.160 e. The summed E-state index contributed by atoms with van der Waals surface area (Å²) >= 11 is 0. The molecule has 92 valence electrons. The van der Waals surface area contributed by atoms with Gasteiger partial charge >= 0.3 is 0 Å². The standard InChI is InChI=1S/C15H13FO2/c1-10(17)12-8-7-11(16)9-14(12)13-5-3-4-6-15(13)18-2/h3-9H,1-2H3. The fourth-order valence-electron chi connectivity index (χ4n) is 1.91. The summed E-state index contributed by atoms with van der Waals surface area (Å²) in [4.78, 5) is 11.6. The van der Waals surface area contributed by atoms with E-state index in [2.05, 4.69) is 0 Å². The lowest BCUT2D eigenvalue weighted by atomic mass is 9.96. The number of para-hydroxylation sites is 1. The lowest BCUT2D eigenvalue weighted by molar-refractivity contribution is 0.101. The first kappa shape index (κ1) is 12.3. The lowest BCUT2D eigenvalue weighted by Gasteiger charge is -2.11. The van der Waals surface area contributed by atoms with Crippen LogP contribution < -0.4 is 4.74 Å². The van der Waals surface area contributed by atoms with E-state index >= 15 is 0 Å². The highest BCUT2D eigenvalue weighted by Crippen LogP contribution is 2.32. The van der Waals surface area contributed by atoms with Crippen molar-refractivity contribution in [3.05, 3.63) is 53.8 Å². The number of methoxy groups -OCH3 is 1. The number of Topliss-reactive ketones (excluding diaryl/α,β-unsaturated/α-hetero) is 1. The van der Waals surface area contributed by atoms with E-state index in [1.165, 1.54) is 25.1 Å². The first-order valence-corrected chi connectivity index (χ1v) is 5.57. The van der Waals surface area contributed by atoms with Gasteiger partial charge in [0.05, 0.1) is 7.11 Å². The van der Waals surface area contributed by atoms with Gasteiger partial charge in [-0.1, -0.05) is 18.2 Å². The Morgan fingerprint density at radius 1 is 1.11 bits per heavy atom. The monoisotopic (exact) mass is 244 g/mol. The Hall–Kier alpha value is -2.16. The molecule has 0 radical (unpaired) electrons. The van der Waals surface area contributed by atoms with Crippen molar-refractivity contribution in [2.45, 2.75) is 6.92 Å². The second kappa shape index (κ2) is 5.00. The van der Waals surface area contributed by atoms with Gasteiger partial charge in [0.1, 0.15) is 11.6 Å². The maximum absolute atomic E-state index is 13.4. The summed E-state index contributed by atoms with van der Waals surface area (Å²) in [5.41, 5.74) is 1.76. The van der Waals surface area contributed by atoms with Crippen LogP contribution in [0.1, 0.15) is 17.3 Å². The van der Waals surface area contributed by atoms with Crippen LogP contribution in [0.5, 0.6) is 5.75 Å². The molecule has 2 rings (SSSR count). The molecule has 3 heteroatoms. The SMILES string of the molecule is COc1ccccc1-c1cc(F)ccc1C(C)=O. The second-order valence-electron chi connectivity index (χ2n) is 3.95. The number of hydrogen-bond acceptors (Lipinski definition) is 2. The predicted octanol–water partition coefficient (Wildman–Crippen LogP) is 3.70. The molecule has 2 nitrogen and oxygen atoms in total. The molecule has 0 atom stereocenters. The highest BCUT2D eigenvalue weighted by atomic mass is 19.1. The number of ether oxygens (including phenoxy) is 1. The van der Waals surface area contributed by atoms with Crippen molar-refractivity contribution >= 4 is 5.78 Å². The molecule has 0 aliphatic rings. The van der Waals surface area contributed by atoms with Crippen molar-refractivity contribution in [3.63, 3.8) is 0 Å². The van der Waals surface area contributed by atoms with E-state index in [9.17, 15) is 9.18 Å². The van der Waals surface area contributed by atoms with E-state index in [4.69, 9.17) is 4.74 Å². The minimum absolute atomic E-state index is 0.101. The Bertz CT molecular complexity index is 591. The topological polar surface area (TPSA) is 26.3 Å². The molecule has 0 aromatic heterocycles. The Labute approximate surface area is 105 Å². The van der Waals surface area contributed by atoms with Crippen molar-refractivity contribution in [2.75, 3.05) is 7.11 Å². The van der Waals surface area contributed by atoms with Gasteiger partial charge in [0.25, 0.3) is 0 Å². The average Bonchev–Trinajstić information content (AvgIpc) is 2.38. The Kier molecular flexibility index (Phi) is 3.42. The molecule has 2 aromatic carbocycles. The number of benzene rings is 2. The van der Waals surface area contributed by atoms with E-state index in [0.29, 0.717) is 22.4 Å². The molecule has 0 saturated heterocycles. The largest absolute Gasteiger partial charge is 0.496 e. The van der Waals surface area contributed by atoms with Gasteiger partial charge in [-0.05, 0) is 36.8 Å². The van der Waals surface area contributed by atoms with Crippen LogP contribution in [-0.2, 0) is 0 Å². The number of halogens is 1. The predicted molar refractivity (Wildman–Crippen MR) is 68.4 cm³/mol. The van der Waals surface area contributed by atoms with Gasteiger partial charge in [0.2, 0.25) is 0 Å². The summed E-state index contributed by atoms with van der Waals surface area (Å²) < 4.78 is 18.6. The Morgan fingerprint density at radius 2 is 1.83 bits per heavy atom. The summed E-state index contributed by atoms with van der Waals surface area (Å²) in [7, 11) is 1.55. The average molecular weight is 244 g/mol. The molecule has 0 amide bonds. The van der Waals surface area contributed by atoms with Crippen LogP contribution in [0.4, 0.5) is 4.39 Å². The summed E-state index contributed by atoms with van der Waals surface area (Å²) in [6, 6.07) is 11.4. The van der Waals surface area contributed by atoms with Crippen LogP contribution in [0.3, 0.4) is 0 Å². The number of carbonyl (C=O) groups excluding carboxylic acids is 1. The van der Waals surface area contributed by atoms with Crippen LogP contribution in [0.25, 0.3) is 11.1 Å². The van der Waals surface area contributed by atoms with Gasteiger partial charge in [0, 0.05) is 11.1 Å². The van der Waals surface area contributed by atoms with Crippen LogP contribution in [0.2, 0.25) is 0 Å². The zero-order valence-corrected chi connectivity index (χ0v) is 10.2. The second-order valence-corrected chi connectivity index (χ2v) is 3.95. The smallest absolute Gasteiger partial charge is 0.160 e. The summed E-state index contributed by atoms with van der Waals surface area (Å²) in [5, 5.41) is 0. The minimum atomic E-state index is -0.374. The molecule has 0 bridgehead atoms. The molecular formula is C15H13FO2. The van der Waals surface area contributed by atoms with Gasteiger partial charge in [-0.2, -0.15) is 0 Å². The van der Waals surface area contributed by atoms with E-state index < -0.39 is 0 Å². The zero-order valence-electron chi connectivity index (χ0n) is 10.2. The normalized spacial score (nSPS) is 10.2. The quantitative estimate of drug-likeness (QED) is 0.769. The first-order valence-electron chi connectivity index (χ1n) is 5.57. The van der Waals surface area contributed by atoms with Crippen molar-refractivity contribution in [2.24, 2.45) is 0 Å². The highest BCUT2D eigenvalue weighted by molar-refractivity contribution is 6.01. The molecule has 0 spiro atoms. The third kappa shape index (κ3) is 2.25. The van der Waals surface area contributed by atoms with Crippen LogP contribution >= 0.6 is 0 Å². The zero-order chi connectivity index (χ0) is 13.1. The number of ketones is 1. The molecule has 0 heterocycles. The van der Waals surface area contributed by atoms with E-state index in [1.54, 1.807) is 19.2 Å². The number of rotatable bonds is 3. The molecule has 0 N–H and O–H groups in total. The minimum Gasteiger partial charge on any atom is -0.496 e. The number of hydrogen-bond donors (Lipinski definition) is 0. The third-order valence-electron chi connectivity index (χ3n) is 2.76. The molecule has 2 aromatic rings. The van der Waals surface area contributed by atoms with Gasteiger partial charge in [-0.15, -0.1) is 0 Å². The molecule has 18 heavy (non-hydrogen) atoms. The van der Waals surface area contributed by atoms with Crippen LogP contribution in [0.15, 0.2) is 42.5 Å². The fraction of sp³-hybridized carbons (Fsp3) is 0.133.